The number of rotatable bonds is 7. The minimum Gasteiger partial charge on any atom is -0.454 e. The van der Waals surface area contributed by atoms with Gasteiger partial charge in [0.15, 0.2) is 6.61 Å². The van der Waals surface area contributed by atoms with Crippen LogP contribution in [0, 0.1) is 11.8 Å². The van der Waals surface area contributed by atoms with E-state index in [1.54, 1.807) is 24.3 Å². The van der Waals surface area contributed by atoms with E-state index in [9.17, 15) is 19.2 Å². The van der Waals surface area contributed by atoms with E-state index in [1.165, 1.54) is 0 Å². The first-order chi connectivity index (χ1) is 15.5. The molecule has 1 fully saturated rings. The van der Waals surface area contributed by atoms with Gasteiger partial charge in [-0.15, -0.1) is 0 Å². The minimum atomic E-state index is -1.12. The average molecular weight is 432 g/mol. The monoisotopic (exact) mass is 432 g/mol. The molecule has 2 aromatic rings. The second-order valence-corrected chi connectivity index (χ2v) is 7.93. The van der Waals surface area contributed by atoms with Crippen LogP contribution in [0.4, 0.5) is 5.69 Å². The number of esters is 1. The van der Waals surface area contributed by atoms with Gasteiger partial charge in [-0.2, -0.15) is 0 Å². The summed E-state index contributed by atoms with van der Waals surface area (Å²) in [7, 11) is 0. The summed E-state index contributed by atoms with van der Waals surface area (Å²) < 4.78 is 5.26. The molecule has 1 saturated heterocycles. The van der Waals surface area contributed by atoms with Crippen LogP contribution in [0.1, 0.15) is 18.4 Å². The SMILES string of the molecule is O=C(COC(=O)[C@H](Cc1ccccc1)N1C(=O)[C@H]2CC=CC[C@@H]2C1=O)Nc1ccccc1. The van der Waals surface area contributed by atoms with E-state index in [0.717, 1.165) is 10.5 Å². The lowest BCUT2D eigenvalue weighted by Crippen LogP contribution is -2.48. The number of nitrogens with zero attached hydrogens (tertiary/aromatic N) is 1. The molecular weight excluding hydrogens is 408 g/mol. The zero-order chi connectivity index (χ0) is 22.5. The van der Waals surface area contributed by atoms with Gasteiger partial charge in [0.05, 0.1) is 11.8 Å². The molecule has 2 aromatic carbocycles. The summed E-state index contributed by atoms with van der Waals surface area (Å²) in [5.41, 5.74) is 1.37. The number of para-hydroxylation sites is 1. The summed E-state index contributed by atoms with van der Waals surface area (Å²) in [6, 6.07) is 16.8. The molecule has 7 heteroatoms. The Morgan fingerprint density at radius 1 is 0.906 bits per heavy atom. The number of carbonyl (C=O) groups is 4. The second-order valence-electron chi connectivity index (χ2n) is 7.93. The molecule has 0 unspecified atom stereocenters. The summed E-state index contributed by atoms with van der Waals surface area (Å²) in [5, 5.41) is 2.64. The molecule has 1 aliphatic heterocycles. The Hall–Kier alpha value is -3.74. The molecular formula is C25H24N2O5. The van der Waals surface area contributed by atoms with Crippen molar-refractivity contribution in [2.45, 2.75) is 25.3 Å². The molecule has 4 rings (SSSR count). The van der Waals surface area contributed by atoms with E-state index in [2.05, 4.69) is 5.32 Å². The first-order valence-corrected chi connectivity index (χ1v) is 10.6. The zero-order valence-corrected chi connectivity index (χ0v) is 17.5. The number of hydrogen-bond donors (Lipinski definition) is 1. The molecule has 1 N–H and O–H groups in total. The Morgan fingerprint density at radius 2 is 1.47 bits per heavy atom. The number of fused-ring (bicyclic) bond motifs is 1. The lowest BCUT2D eigenvalue weighted by Gasteiger charge is -2.25. The number of benzene rings is 2. The number of allylic oxidation sites excluding steroid dienone is 2. The Morgan fingerprint density at radius 3 is 2.06 bits per heavy atom. The molecule has 0 bridgehead atoms. The van der Waals surface area contributed by atoms with E-state index in [1.807, 2.05) is 48.6 Å². The fourth-order valence-electron chi connectivity index (χ4n) is 4.20. The lowest BCUT2D eigenvalue weighted by molar-refractivity contribution is -0.159. The molecule has 3 atom stereocenters. The van der Waals surface area contributed by atoms with Crippen LogP contribution in [-0.2, 0) is 30.3 Å². The number of ether oxygens (including phenoxy) is 1. The summed E-state index contributed by atoms with van der Waals surface area (Å²) >= 11 is 0. The van der Waals surface area contributed by atoms with Crippen LogP contribution >= 0.6 is 0 Å². The Bertz CT molecular complexity index is 1010. The number of hydrogen-bond acceptors (Lipinski definition) is 5. The van der Waals surface area contributed by atoms with Crippen molar-refractivity contribution in [3.63, 3.8) is 0 Å². The maximum absolute atomic E-state index is 13.0. The Balaban J connectivity index is 1.49. The smallest absolute Gasteiger partial charge is 0.330 e. The van der Waals surface area contributed by atoms with Gasteiger partial charge in [-0.25, -0.2) is 4.79 Å². The number of anilines is 1. The van der Waals surface area contributed by atoms with Crippen LogP contribution in [0.15, 0.2) is 72.8 Å². The maximum atomic E-state index is 13.0. The molecule has 0 spiro atoms. The lowest BCUT2D eigenvalue weighted by atomic mass is 9.85. The van der Waals surface area contributed by atoms with Crippen LogP contribution in [0.25, 0.3) is 0 Å². The standard InChI is InChI=1S/C25H24N2O5/c28-22(26-18-11-5-2-6-12-18)16-32-25(31)21(15-17-9-3-1-4-10-17)27-23(29)19-13-7-8-14-20(19)24(27)30/h1-12,19-21H,13-16H2,(H,26,28)/t19-,20-,21-/m0/s1. The molecule has 0 aromatic heterocycles. The van der Waals surface area contributed by atoms with Crippen LogP contribution in [-0.4, -0.2) is 41.2 Å². The highest BCUT2D eigenvalue weighted by molar-refractivity contribution is 6.08. The summed E-state index contributed by atoms with van der Waals surface area (Å²) in [6.45, 7) is -0.510. The molecule has 7 nitrogen and oxygen atoms in total. The van der Waals surface area contributed by atoms with Gasteiger partial charge in [0, 0.05) is 12.1 Å². The fraction of sp³-hybridized carbons (Fsp3) is 0.280. The molecule has 0 saturated carbocycles. The average Bonchev–Trinajstić information content (AvgIpc) is 3.07. The van der Waals surface area contributed by atoms with Crippen LogP contribution in [0.3, 0.4) is 0 Å². The van der Waals surface area contributed by atoms with Gasteiger partial charge in [0.1, 0.15) is 6.04 Å². The maximum Gasteiger partial charge on any atom is 0.330 e. The molecule has 2 aliphatic rings. The normalized spacial score (nSPS) is 20.6. The molecule has 164 valence electrons. The van der Waals surface area contributed by atoms with Crippen LogP contribution in [0.5, 0.6) is 0 Å². The molecule has 1 heterocycles. The molecule has 1 aliphatic carbocycles. The van der Waals surface area contributed by atoms with Gasteiger partial charge in [-0.3, -0.25) is 19.3 Å². The quantitative estimate of drug-likeness (QED) is 0.413. The van der Waals surface area contributed by atoms with Gasteiger partial charge >= 0.3 is 5.97 Å². The van der Waals surface area contributed by atoms with Crippen molar-refractivity contribution in [3.05, 3.63) is 78.4 Å². The first-order valence-electron chi connectivity index (χ1n) is 10.6. The van der Waals surface area contributed by atoms with E-state index in [-0.39, 0.29) is 18.2 Å². The van der Waals surface area contributed by atoms with E-state index >= 15 is 0 Å². The zero-order valence-electron chi connectivity index (χ0n) is 17.5. The number of carbonyl (C=O) groups excluding carboxylic acids is 4. The predicted octanol–water partition coefficient (Wildman–Crippen LogP) is 2.73. The Labute approximate surface area is 186 Å². The van der Waals surface area contributed by atoms with Gasteiger partial charge < -0.3 is 10.1 Å². The third-order valence-corrected chi connectivity index (χ3v) is 5.80. The Kier molecular flexibility index (Phi) is 6.44. The van der Waals surface area contributed by atoms with Crippen molar-refractivity contribution in [2.24, 2.45) is 11.8 Å². The molecule has 0 radical (unpaired) electrons. The fourth-order valence-corrected chi connectivity index (χ4v) is 4.20. The van der Waals surface area contributed by atoms with Gasteiger partial charge in [-0.1, -0.05) is 60.7 Å². The molecule has 32 heavy (non-hydrogen) atoms. The van der Waals surface area contributed by atoms with E-state index in [4.69, 9.17) is 4.74 Å². The van der Waals surface area contributed by atoms with Gasteiger partial charge in [0.25, 0.3) is 5.91 Å². The van der Waals surface area contributed by atoms with E-state index < -0.39 is 36.4 Å². The topological polar surface area (TPSA) is 92.8 Å². The summed E-state index contributed by atoms with van der Waals surface area (Å²) in [4.78, 5) is 52.4. The van der Waals surface area contributed by atoms with Crippen molar-refractivity contribution in [2.75, 3.05) is 11.9 Å². The number of nitrogens with one attached hydrogen (secondary N) is 1. The predicted molar refractivity (Wildman–Crippen MR) is 117 cm³/mol. The highest BCUT2D eigenvalue weighted by atomic mass is 16.5. The van der Waals surface area contributed by atoms with E-state index in [0.29, 0.717) is 18.5 Å². The first kappa shape index (κ1) is 21.5. The summed E-state index contributed by atoms with van der Waals surface area (Å²) in [5.74, 6) is -2.86. The third kappa shape index (κ3) is 4.61. The van der Waals surface area contributed by atoms with Crippen molar-refractivity contribution in [3.8, 4) is 0 Å². The number of imide groups is 1. The van der Waals surface area contributed by atoms with Crippen LogP contribution in [0.2, 0.25) is 0 Å². The number of likely N-dealkylation sites (tertiary alicyclic amines) is 1. The van der Waals surface area contributed by atoms with Crippen molar-refractivity contribution in [1.82, 2.24) is 4.90 Å². The largest absolute Gasteiger partial charge is 0.454 e. The van der Waals surface area contributed by atoms with Crippen molar-refractivity contribution >= 4 is 29.4 Å². The molecule has 3 amide bonds. The van der Waals surface area contributed by atoms with Gasteiger partial charge in [0.2, 0.25) is 11.8 Å². The number of amides is 3. The van der Waals surface area contributed by atoms with Crippen molar-refractivity contribution < 1.29 is 23.9 Å². The van der Waals surface area contributed by atoms with Crippen LogP contribution < -0.4 is 5.32 Å². The minimum absolute atomic E-state index is 0.129. The summed E-state index contributed by atoms with van der Waals surface area (Å²) in [6.07, 6.45) is 4.89. The van der Waals surface area contributed by atoms with Gasteiger partial charge in [-0.05, 0) is 30.5 Å². The van der Waals surface area contributed by atoms with Crippen molar-refractivity contribution in [1.29, 1.82) is 0 Å². The highest BCUT2D eigenvalue weighted by Crippen LogP contribution is 2.36. The third-order valence-electron chi connectivity index (χ3n) is 5.80. The highest BCUT2D eigenvalue weighted by Gasteiger charge is 2.51. The second kappa shape index (κ2) is 9.60.